The van der Waals surface area contributed by atoms with Crippen LogP contribution in [0.25, 0.3) is 22.1 Å². The van der Waals surface area contributed by atoms with E-state index in [9.17, 15) is 9.59 Å². The Morgan fingerprint density at radius 3 is 2.73 bits per heavy atom. The average molecular weight is 541 g/mol. The SMILES string of the molecule is CC(COC1CCCCO1)n1cc(C(=O)c2cncc(NC(=O)Cn3nc4ccccc4n3)c2)c2cncnc21. The molecule has 5 aromatic rings. The summed E-state index contributed by atoms with van der Waals surface area (Å²) < 4.78 is 13.6. The zero-order valence-corrected chi connectivity index (χ0v) is 21.9. The fourth-order valence-corrected chi connectivity index (χ4v) is 4.77. The molecule has 6 rings (SSSR count). The van der Waals surface area contributed by atoms with Crippen LogP contribution in [0.1, 0.15) is 48.1 Å². The molecular weight excluding hydrogens is 512 g/mol. The zero-order valence-electron chi connectivity index (χ0n) is 21.9. The summed E-state index contributed by atoms with van der Waals surface area (Å²) >= 11 is 0. The van der Waals surface area contributed by atoms with Gasteiger partial charge >= 0.3 is 0 Å². The number of pyridine rings is 1. The third-order valence-corrected chi connectivity index (χ3v) is 6.77. The number of nitrogens with zero attached hydrogens (tertiary/aromatic N) is 7. The summed E-state index contributed by atoms with van der Waals surface area (Å²) in [7, 11) is 0. The maximum Gasteiger partial charge on any atom is 0.248 e. The van der Waals surface area contributed by atoms with Crippen molar-refractivity contribution in [3.05, 3.63) is 72.6 Å². The van der Waals surface area contributed by atoms with Gasteiger partial charge in [0.25, 0.3) is 0 Å². The van der Waals surface area contributed by atoms with E-state index >= 15 is 0 Å². The van der Waals surface area contributed by atoms with Crippen molar-refractivity contribution < 1.29 is 19.1 Å². The summed E-state index contributed by atoms with van der Waals surface area (Å²) in [5.41, 5.74) is 3.20. The third-order valence-electron chi connectivity index (χ3n) is 6.77. The van der Waals surface area contributed by atoms with Gasteiger partial charge in [-0.25, -0.2) is 9.97 Å². The van der Waals surface area contributed by atoms with Gasteiger partial charge in [0.2, 0.25) is 5.91 Å². The van der Waals surface area contributed by atoms with Crippen molar-refractivity contribution in [2.75, 3.05) is 18.5 Å². The highest BCUT2D eigenvalue weighted by Gasteiger charge is 2.22. The van der Waals surface area contributed by atoms with Crippen LogP contribution in [0.2, 0.25) is 0 Å². The lowest BCUT2D eigenvalue weighted by molar-refractivity contribution is -0.166. The summed E-state index contributed by atoms with van der Waals surface area (Å²) in [6, 6.07) is 8.88. The molecule has 0 aliphatic carbocycles. The summed E-state index contributed by atoms with van der Waals surface area (Å²) in [6.45, 7) is 3.05. The topological polar surface area (TPSA) is 139 Å². The predicted molar refractivity (Wildman–Crippen MR) is 146 cm³/mol. The second-order valence-electron chi connectivity index (χ2n) is 9.75. The molecule has 0 spiro atoms. The zero-order chi connectivity index (χ0) is 27.5. The molecule has 1 N–H and O–H groups in total. The third kappa shape index (κ3) is 5.44. The Balaban J connectivity index is 1.18. The molecule has 40 heavy (non-hydrogen) atoms. The van der Waals surface area contributed by atoms with Crippen molar-refractivity contribution >= 4 is 39.4 Å². The van der Waals surface area contributed by atoms with Crippen molar-refractivity contribution in [1.29, 1.82) is 0 Å². The number of ketones is 1. The number of nitrogens with one attached hydrogen (secondary N) is 1. The monoisotopic (exact) mass is 540 g/mol. The fraction of sp³-hybridized carbons (Fsp3) is 0.321. The Bertz CT molecular complexity index is 1640. The van der Waals surface area contributed by atoms with Gasteiger partial charge < -0.3 is 19.4 Å². The second-order valence-corrected chi connectivity index (χ2v) is 9.75. The quantitative estimate of drug-likeness (QED) is 0.278. The smallest absolute Gasteiger partial charge is 0.248 e. The maximum atomic E-state index is 13.6. The van der Waals surface area contributed by atoms with Crippen LogP contribution in [0.15, 0.2) is 61.4 Å². The van der Waals surface area contributed by atoms with Crippen molar-refractivity contribution in [2.45, 2.75) is 45.1 Å². The molecule has 12 nitrogen and oxygen atoms in total. The van der Waals surface area contributed by atoms with Gasteiger partial charge in [0.15, 0.2) is 12.1 Å². The van der Waals surface area contributed by atoms with Crippen LogP contribution in [0.3, 0.4) is 0 Å². The molecule has 12 heteroatoms. The Kier molecular flexibility index (Phi) is 7.25. The van der Waals surface area contributed by atoms with E-state index in [0.717, 1.165) is 19.3 Å². The van der Waals surface area contributed by atoms with Crippen LogP contribution in [-0.2, 0) is 20.8 Å². The van der Waals surface area contributed by atoms with E-state index < -0.39 is 0 Å². The van der Waals surface area contributed by atoms with Crippen molar-refractivity contribution in [3.8, 4) is 0 Å². The molecular formula is C28H28N8O4. The van der Waals surface area contributed by atoms with E-state index in [2.05, 4.69) is 30.5 Å². The molecule has 2 atom stereocenters. The number of amides is 1. The highest BCUT2D eigenvalue weighted by atomic mass is 16.7. The summed E-state index contributed by atoms with van der Waals surface area (Å²) in [5, 5.41) is 12.0. The molecule has 1 saturated heterocycles. The minimum absolute atomic E-state index is 0.0798. The lowest BCUT2D eigenvalue weighted by atomic mass is 10.1. The van der Waals surface area contributed by atoms with Gasteiger partial charge in [-0.1, -0.05) is 12.1 Å². The van der Waals surface area contributed by atoms with E-state index in [1.807, 2.05) is 35.8 Å². The van der Waals surface area contributed by atoms with Crippen LogP contribution < -0.4 is 5.32 Å². The fourth-order valence-electron chi connectivity index (χ4n) is 4.77. The summed E-state index contributed by atoms with van der Waals surface area (Å²) in [4.78, 5) is 40.4. The standard InChI is InChI=1S/C28H28N8O4/c1-18(16-40-26-8-4-5-9-39-26)35-14-22(21-13-30-17-31-28(21)35)27(38)19-10-20(12-29-11-19)32-25(37)15-36-33-23-6-2-3-7-24(23)34-36/h2-3,6-7,10-14,17-18,26H,4-5,8-9,15-16H2,1H3,(H,32,37). The van der Waals surface area contributed by atoms with Crippen LogP contribution in [-0.4, -0.2) is 65.7 Å². The first-order valence-corrected chi connectivity index (χ1v) is 13.2. The Morgan fingerprint density at radius 1 is 1.12 bits per heavy atom. The van der Waals surface area contributed by atoms with Gasteiger partial charge in [0, 0.05) is 36.1 Å². The van der Waals surface area contributed by atoms with Gasteiger partial charge in [-0.2, -0.15) is 15.0 Å². The molecule has 0 saturated carbocycles. The van der Waals surface area contributed by atoms with E-state index in [1.165, 1.54) is 23.5 Å². The van der Waals surface area contributed by atoms with Gasteiger partial charge in [0.1, 0.15) is 29.6 Å². The first-order chi connectivity index (χ1) is 19.5. The molecule has 1 fully saturated rings. The minimum Gasteiger partial charge on any atom is -0.353 e. The summed E-state index contributed by atoms with van der Waals surface area (Å²) in [5.74, 6) is -0.599. The number of ether oxygens (including phenoxy) is 2. The molecule has 1 aliphatic heterocycles. The number of fused-ring (bicyclic) bond motifs is 2. The Hall–Kier alpha value is -4.55. The molecule has 0 bridgehead atoms. The number of rotatable bonds is 9. The molecule has 1 aromatic carbocycles. The largest absolute Gasteiger partial charge is 0.353 e. The lowest BCUT2D eigenvalue weighted by Crippen LogP contribution is -2.25. The van der Waals surface area contributed by atoms with Crippen LogP contribution in [0.4, 0.5) is 5.69 Å². The van der Waals surface area contributed by atoms with Crippen molar-refractivity contribution in [2.24, 2.45) is 0 Å². The molecule has 5 heterocycles. The number of anilines is 1. The second kappa shape index (κ2) is 11.3. The highest BCUT2D eigenvalue weighted by molar-refractivity contribution is 6.16. The van der Waals surface area contributed by atoms with Crippen LogP contribution >= 0.6 is 0 Å². The Labute approximate surface area is 229 Å². The van der Waals surface area contributed by atoms with Gasteiger partial charge in [-0.3, -0.25) is 14.6 Å². The van der Waals surface area contributed by atoms with Gasteiger partial charge in [-0.05, 0) is 44.4 Å². The molecule has 204 valence electrons. The molecule has 2 unspecified atom stereocenters. The van der Waals surface area contributed by atoms with E-state index in [4.69, 9.17) is 9.47 Å². The van der Waals surface area contributed by atoms with Crippen molar-refractivity contribution in [1.82, 2.24) is 34.5 Å². The van der Waals surface area contributed by atoms with E-state index in [1.54, 1.807) is 18.5 Å². The Morgan fingerprint density at radius 2 is 1.95 bits per heavy atom. The minimum atomic E-state index is -0.340. The number of carbonyl (C=O) groups is 2. The number of aromatic nitrogens is 7. The first-order valence-electron chi connectivity index (χ1n) is 13.2. The van der Waals surface area contributed by atoms with E-state index in [-0.39, 0.29) is 30.6 Å². The first kappa shape index (κ1) is 25.7. The van der Waals surface area contributed by atoms with Crippen molar-refractivity contribution in [3.63, 3.8) is 0 Å². The molecule has 4 aromatic heterocycles. The number of hydrogen-bond donors (Lipinski definition) is 1. The van der Waals surface area contributed by atoms with E-state index in [0.29, 0.717) is 52.1 Å². The maximum absolute atomic E-state index is 13.6. The number of carbonyl (C=O) groups excluding carboxylic acids is 2. The summed E-state index contributed by atoms with van der Waals surface area (Å²) in [6.07, 6.45) is 10.6. The normalized spacial score (nSPS) is 16.3. The average Bonchev–Trinajstić information content (AvgIpc) is 3.57. The molecule has 0 radical (unpaired) electrons. The highest BCUT2D eigenvalue weighted by Crippen LogP contribution is 2.26. The lowest BCUT2D eigenvalue weighted by Gasteiger charge is -2.24. The number of benzene rings is 1. The predicted octanol–water partition coefficient (Wildman–Crippen LogP) is 3.54. The van der Waals surface area contributed by atoms with Crippen LogP contribution in [0.5, 0.6) is 0 Å². The van der Waals surface area contributed by atoms with Gasteiger partial charge in [-0.15, -0.1) is 0 Å². The van der Waals surface area contributed by atoms with Gasteiger partial charge in [0.05, 0.1) is 30.1 Å². The molecule has 1 aliphatic rings. The molecule has 1 amide bonds. The number of hydrogen-bond acceptors (Lipinski definition) is 9. The van der Waals surface area contributed by atoms with Crippen LogP contribution in [0, 0.1) is 0 Å².